The van der Waals surface area contributed by atoms with E-state index in [0.29, 0.717) is 11.4 Å². The number of fused-ring (bicyclic) bond motifs is 6. The Hall–Kier alpha value is -7.76. The third-order valence-electron chi connectivity index (χ3n) is 11.9. The van der Waals surface area contributed by atoms with Crippen LogP contribution in [0, 0.1) is 0 Å². The minimum Gasteiger partial charge on any atom is -0.507 e. The molecule has 0 unspecified atom stereocenters. The third-order valence-corrected chi connectivity index (χ3v) is 11.9. The average Bonchev–Trinajstić information content (AvgIpc) is 3.88. The zero-order valence-electron chi connectivity index (χ0n) is 34.1. The number of imidazole rings is 1. The van der Waals surface area contributed by atoms with Gasteiger partial charge < -0.3 is 9.52 Å². The zero-order chi connectivity index (χ0) is 41.2. The number of nitrogens with zero attached hydrogens (tertiary/aromatic N) is 3. The van der Waals surface area contributed by atoms with Gasteiger partial charge in [0.05, 0.1) is 33.4 Å². The van der Waals surface area contributed by atoms with E-state index in [2.05, 4.69) is 165 Å². The van der Waals surface area contributed by atoms with Gasteiger partial charge in [-0.3, -0.25) is 9.55 Å². The molecule has 0 saturated heterocycles. The van der Waals surface area contributed by atoms with Crippen LogP contribution in [0.4, 0.5) is 0 Å². The molecule has 0 fully saturated rings. The van der Waals surface area contributed by atoms with Gasteiger partial charge in [0.2, 0.25) is 0 Å². The van der Waals surface area contributed by atoms with E-state index in [1.807, 2.05) is 42.6 Å². The normalized spacial score (nSPS) is 11.9. The van der Waals surface area contributed by atoms with Crippen LogP contribution in [-0.4, -0.2) is 19.6 Å². The summed E-state index contributed by atoms with van der Waals surface area (Å²) in [5.41, 5.74) is 14.3. The second kappa shape index (κ2) is 14.2. The second-order valence-corrected chi connectivity index (χ2v) is 16.8. The van der Waals surface area contributed by atoms with Crippen LogP contribution in [0.1, 0.15) is 26.3 Å². The molecule has 8 aromatic carbocycles. The van der Waals surface area contributed by atoms with Crippen molar-refractivity contribution in [2.75, 3.05) is 0 Å². The average molecular weight is 788 g/mol. The molecule has 11 rings (SSSR count). The molecule has 0 aliphatic heterocycles. The fraction of sp³-hybridized carbons (Fsp3) is 0.0714. The lowest BCUT2D eigenvalue weighted by Crippen LogP contribution is -2.12. The zero-order valence-corrected chi connectivity index (χ0v) is 34.1. The Morgan fingerprint density at radius 2 is 1.21 bits per heavy atom. The molecule has 0 aliphatic rings. The Labute approximate surface area is 353 Å². The molecule has 11 aromatic rings. The Bertz CT molecular complexity index is 3460. The fourth-order valence-electron chi connectivity index (χ4n) is 8.89. The van der Waals surface area contributed by atoms with Gasteiger partial charge >= 0.3 is 0 Å². The Morgan fingerprint density at radius 3 is 2.02 bits per heavy atom. The highest BCUT2D eigenvalue weighted by atomic mass is 16.3. The number of aromatic nitrogens is 3. The Morgan fingerprint density at radius 1 is 0.525 bits per heavy atom. The molecule has 1 N–H and O–H groups in total. The van der Waals surface area contributed by atoms with Crippen molar-refractivity contribution in [1.82, 2.24) is 14.5 Å². The van der Waals surface area contributed by atoms with Gasteiger partial charge in [-0.15, -0.1) is 0 Å². The first-order valence-corrected chi connectivity index (χ1v) is 20.7. The lowest BCUT2D eigenvalue weighted by molar-refractivity contribution is 0.477. The van der Waals surface area contributed by atoms with Crippen molar-refractivity contribution in [3.63, 3.8) is 0 Å². The van der Waals surface area contributed by atoms with Crippen LogP contribution in [0.3, 0.4) is 0 Å². The van der Waals surface area contributed by atoms with Crippen molar-refractivity contribution in [3.8, 4) is 67.5 Å². The van der Waals surface area contributed by atoms with Gasteiger partial charge in [0.25, 0.3) is 0 Å². The number of benzene rings is 8. The van der Waals surface area contributed by atoms with Crippen LogP contribution in [0.2, 0.25) is 0 Å². The maximum atomic E-state index is 11.5. The highest BCUT2D eigenvalue weighted by molar-refractivity contribution is 6.22. The van der Waals surface area contributed by atoms with Crippen LogP contribution in [0.15, 0.2) is 193 Å². The number of rotatable bonds is 6. The first kappa shape index (κ1) is 36.3. The monoisotopic (exact) mass is 787 g/mol. The van der Waals surface area contributed by atoms with E-state index in [9.17, 15) is 5.11 Å². The SMILES string of the molecule is CC(C)(C)c1ccc(-n2c(-c3ccccc3O)nc3c(-c4cc(-c5ccccc5)cc(-c5nccc6oc7ccc8ccccc8c7c56)c4)cccc32)c(-c2ccccc2)c1. The van der Waals surface area contributed by atoms with Gasteiger partial charge in [-0.05, 0) is 105 Å². The molecule has 0 bridgehead atoms. The lowest BCUT2D eigenvalue weighted by atomic mass is 9.85. The molecule has 0 aliphatic carbocycles. The second-order valence-electron chi connectivity index (χ2n) is 16.8. The van der Waals surface area contributed by atoms with Gasteiger partial charge in [-0.1, -0.05) is 142 Å². The molecule has 61 heavy (non-hydrogen) atoms. The predicted octanol–water partition coefficient (Wildman–Crippen LogP) is 14.8. The maximum Gasteiger partial charge on any atom is 0.149 e. The first-order chi connectivity index (χ1) is 29.8. The number of hydrogen-bond acceptors (Lipinski definition) is 4. The number of phenolic OH excluding ortho intramolecular Hbond substituents is 1. The lowest BCUT2D eigenvalue weighted by Gasteiger charge is -2.23. The highest BCUT2D eigenvalue weighted by Crippen LogP contribution is 2.44. The summed E-state index contributed by atoms with van der Waals surface area (Å²) in [6.45, 7) is 6.73. The van der Waals surface area contributed by atoms with Gasteiger partial charge in [0, 0.05) is 28.3 Å². The van der Waals surface area contributed by atoms with Crippen molar-refractivity contribution in [2.24, 2.45) is 0 Å². The summed E-state index contributed by atoms with van der Waals surface area (Å²) in [5, 5.41) is 15.8. The molecule has 3 aromatic heterocycles. The van der Waals surface area contributed by atoms with Crippen LogP contribution in [0.25, 0.3) is 105 Å². The molecule has 292 valence electrons. The Balaban J connectivity index is 1.20. The van der Waals surface area contributed by atoms with E-state index in [0.717, 1.165) is 94.1 Å². The Kier molecular flexibility index (Phi) is 8.46. The molecule has 0 amide bonds. The van der Waals surface area contributed by atoms with E-state index in [4.69, 9.17) is 14.4 Å². The van der Waals surface area contributed by atoms with Crippen molar-refractivity contribution in [2.45, 2.75) is 26.2 Å². The molecule has 0 atom stereocenters. The fourth-order valence-corrected chi connectivity index (χ4v) is 8.89. The van der Waals surface area contributed by atoms with Gasteiger partial charge in [0.15, 0.2) is 0 Å². The minimum atomic E-state index is -0.0662. The van der Waals surface area contributed by atoms with Gasteiger partial charge in [0.1, 0.15) is 22.7 Å². The van der Waals surface area contributed by atoms with Crippen molar-refractivity contribution >= 4 is 43.7 Å². The summed E-state index contributed by atoms with van der Waals surface area (Å²) in [7, 11) is 0. The summed E-state index contributed by atoms with van der Waals surface area (Å²) in [5.74, 6) is 0.824. The summed E-state index contributed by atoms with van der Waals surface area (Å²) < 4.78 is 8.73. The predicted molar refractivity (Wildman–Crippen MR) is 251 cm³/mol. The van der Waals surface area contributed by atoms with E-state index < -0.39 is 0 Å². The van der Waals surface area contributed by atoms with Crippen LogP contribution >= 0.6 is 0 Å². The quantitative estimate of drug-likeness (QED) is 0.182. The number of aromatic hydroxyl groups is 1. The number of hydrogen-bond donors (Lipinski definition) is 1. The molecule has 0 radical (unpaired) electrons. The first-order valence-electron chi connectivity index (χ1n) is 20.7. The van der Waals surface area contributed by atoms with Gasteiger partial charge in [-0.2, -0.15) is 0 Å². The summed E-state index contributed by atoms with van der Waals surface area (Å²) in [6, 6.07) is 62.9. The van der Waals surface area contributed by atoms with Crippen LogP contribution < -0.4 is 0 Å². The molecule has 5 heteroatoms. The van der Waals surface area contributed by atoms with Crippen molar-refractivity contribution in [3.05, 3.63) is 194 Å². The molecule has 5 nitrogen and oxygen atoms in total. The van der Waals surface area contributed by atoms with E-state index >= 15 is 0 Å². The van der Waals surface area contributed by atoms with Crippen molar-refractivity contribution < 1.29 is 9.52 Å². The minimum absolute atomic E-state index is 0.0662. The number of pyridine rings is 1. The van der Waals surface area contributed by atoms with E-state index in [1.165, 1.54) is 5.56 Å². The third kappa shape index (κ3) is 6.17. The summed E-state index contributed by atoms with van der Waals surface area (Å²) in [6.07, 6.45) is 1.84. The molecule has 0 spiro atoms. The largest absolute Gasteiger partial charge is 0.507 e. The van der Waals surface area contributed by atoms with E-state index in [-0.39, 0.29) is 11.2 Å². The number of phenols is 1. The summed E-state index contributed by atoms with van der Waals surface area (Å²) in [4.78, 5) is 10.6. The maximum absolute atomic E-state index is 11.5. The number of para-hydroxylation sites is 2. The molecular formula is C56H41N3O2. The van der Waals surface area contributed by atoms with Crippen LogP contribution in [-0.2, 0) is 5.41 Å². The molecule has 0 saturated carbocycles. The summed E-state index contributed by atoms with van der Waals surface area (Å²) >= 11 is 0. The smallest absolute Gasteiger partial charge is 0.149 e. The van der Waals surface area contributed by atoms with Gasteiger partial charge in [-0.25, -0.2) is 4.98 Å². The molecule has 3 heterocycles. The van der Waals surface area contributed by atoms with Crippen molar-refractivity contribution in [1.29, 1.82) is 0 Å². The topological polar surface area (TPSA) is 64.1 Å². The van der Waals surface area contributed by atoms with Crippen LogP contribution in [0.5, 0.6) is 5.75 Å². The number of furan rings is 1. The highest BCUT2D eigenvalue weighted by Gasteiger charge is 2.25. The molecular weight excluding hydrogens is 747 g/mol. The van der Waals surface area contributed by atoms with E-state index in [1.54, 1.807) is 6.07 Å². The standard InChI is InChI=1S/C56H41N3O2/c1-56(2,3)41-26-27-46(45(34-41)36-17-8-5-9-18-36)59-47-23-14-22-43(54(47)58-55(59)44-21-12-13-24-48(44)60)39-31-38(35-15-6-4-7-16-35)32-40(33-39)53-52-50(29-30-57-53)61-49-28-25-37-19-10-11-20-42(37)51(49)52/h4-34,60H,1-3H3.